The van der Waals surface area contributed by atoms with Crippen LogP contribution in [0.2, 0.25) is 0 Å². The van der Waals surface area contributed by atoms with E-state index < -0.39 is 11.5 Å². The van der Waals surface area contributed by atoms with Gasteiger partial charge in [0.15, 0.2) is 0 Å². The van der Waals surface area contributed by atoms with Crippen LogP contribution in [0.15, 0.2) is 16.8 Å². The fraction of sp³-hybridized carbons (Fsp3) is 0.538. The molecule has 0 aliphatic heterocycles. The Labute approximate surface area is 117 Å². The molecule has 0 saturated carbocycles. The SMILES string of the molecule is CC(Cc1ccsc1)NC(=O)NC(C)(C)CC(=O)O. The van der Waals surface area contributed by atoms with Gasteiger partial charge < -0.3 is 15.7 Å². The Bertz CT molecular complexity index is 429. The predicted octanol–water partition coefficient (Wildman–Crippen LogP) is 2.23. The molecule has 0 spiro atoms. The van der Waals surface area contributed by atoms with Crippen molar-refractivity contribution in [3.63, 3.8) is 0 Å². The van der Waals surface area contributed by atoms with Crippen LogP contribution in [0.25, 0.3) is 0 Å². The number of rotatable bonds is 6. The number of urea groups is 1. The number of hydrogen-bond acceptors (Lipinski definition) is 3. The van der Waals surface area contributed by atoms with Gasteiger partial charge in [-0.05, 0) is 49.6 Å². The van der Waals surface area contributed by atoms with Crippen LogP contribution in [-0.2, 0) is 11.2 Å². The second kappa shape index (κ2) is 6.56. The maximum atomic E-state index is 11.8. The summed E-state index contributed by atoms with van der Waals surface area (Å²) in [6.07, 6.45) is 0.648. The zero-order valence-electron chi connectivity index (χ0n) is 11.4. The summed E-state index contributed by atoms with van der Waals surface area (Å²) < 4.78 is 0. The Morgan fingerprint density at radius 3 is 2.68 bits per heavy atom. The Kier molecular flexibility index (Phi) is 5.35. The van der Waals surface area contributed by atoms with Crippen molar-refractivity contribution >= 4 is 23.3 Å². The van der Waals surface area contributed by atoms with Gasteiger partial charge in [0.25, 0.3) is 0 Å². The average molecular weight is 284 g/mol. The van der Waals surface area contributed by atoms with E-state index in [-0.39, 0.29) is 18.5 Å². The fourth-order valence-corrected chi connectivity index (χ4v) is 2.48. The lowest BCUT2D eigenvalue weighted by Gasteiger charge is -2.25. The molecule has 106 valence electrons. The molecule has 1 aromatic heterocycles. The minimum Gasteiger partial charge on any atom is -0.481 e. The van der Waals surface area contributed by atoms with E-state index in [0.29, 0.717) is 0 Å². The third kappa shape index (κ3) is 6.24. The van der Waals surface area contributed by atoms with E-state index in [9.17, 15) is 9.59 Å². The molecule has 3 N–H and O–H groups in total. The second-order valence-electron chi connectivity index (χ2n) is 5.29. The summed E-state index contributed by atoms with van der Waals surface area (Å²) in [5.41, 5.74) is 0.417. The van der Waals surface area contributed by atoms with Crippen molar-refractivity contribution in [2.75, 3.05) is 0 Å². The fourth-order valence-electron chi connectivity index (χ4n) is 1.80. The maximum absolute atomic E-state index is 11.8. The Hall–Kier alpha value is -1.56. The van der Waals surface area contributed by atoms with Gasteiger partial charge in [0.2, 0.25) is 0 Å². The minimum atomic E-state index is -0.934. The van der Waals surface area contributed by atoms with Gasteiger partial charge in [-0.15, -0.1) is 0 Å². The first-order chi connectivity index (χ1) is 8.78. The number of carbonyl (C=O) groups is 2. The lowest BCUT2D eigenvalue weighted by molar-refractivity contribution is -0.138. The molecule has 0 aliphatic carbocycles. The van der Waals surface area contributed by atoms with Gasteiger partial charge in [-0.2, -0.15) is 11.3 Å². The smallest absolute Gasteiger partial charge is 0.315 e. The molecule has 0 aromatic carbocycles. The van der Waals surface area contributed by atoms with Crippen LogP contribution in [0, 0.1) is 0 Å². The highest BCUT2D eigenvalue weighted by Crippen LogP contribution is 2.10. The van der Waals surface area contributed by atoms with E-state index >= 15 is 0 Å². The number of aliphatic carboxylic acids is 1. The van der Waals surface area contributed by atoms with E-state index in [0.717, 1.165) is 6.42 Å². The summed E-state index contributed by atoms with van der Waals surface area (Å²) in [7, 11) is 0. The van der Waals surface area contributed by atoms with Crippen molar-refractivity contribution in [3.05, 3.63) is 22.4 Å². The van der Waals surface area contributed by atoms with Crippen LogP contribution in [-0.4, -0.2) is 28.7 Å². The van der Waals surface area contributed by atoms with E-state index in [1.165, 1.54) is 5.56 Å². The zero-order valence-corrected chi connectivity index (χ0v) is 12.2. The highest BCUT2D eigenvalue weighted by Gasteiger charge is 2.24. The first-order valence-electron chi connectivity index (χ1n) is 6.10. The monoisotopic (exact) mass is 284 g/mol. The van der Waals surface area contributed by atoms with Crippen molar-refractivity contribution in [1.82, 2.24) is 10.6 Å². The number of hydrogen-bond donors (Lipinski definition) is 3. The molecule has 1 rings (SSSR count). The summed E-state index contributed by atoms with van der Waals surface area (Å²) in [4.78, 5) is 22.4. The molecule has 0 bridgehead atoms. The third-order valence-corrected chi connectivity index (χ3v) is 3.28. The predicted molar refractivity (Wildman–Crippen MR) is 75.5 cm³/mol. The molecular weight excluding hydrogens is 264 g/mol. The quantitative estimate of drug-likeness (QED) is 0.749. The molecule has 1 unspecified atom stereocenters. The van der Waals surface area contributed by atoms with Crippen LogP contribution >= 0.6 is 11.3 Å². The molecular formula is C13H20N2O3S. The summed E-state index contributed by atoms with van der Waals surface area (Å²) in [6.45, 7) is 5.29. The highest BCUT2D eigenvalue weighted by atomic mass is 32.1. The van der Waals surface area contributed by atoms with Gasteiger partial charge in [0, 0.05) is 11.6 Å². The molecule has 0 fully saturated rings. The topological polar surface area (TPSA) is 78.4 Å². The van der Waals surface area contributed by atoms with Crippen LogP contribution < -0.4 is 10.6 Å². The number of nitrogens with one attached hydrogen (secondary N) is 2. The average Bonchev–Trinajstić information content (AvgIpc) is 2.65. The number of carboxylic acids is 1. The van der Waals surface area contributed by atoms with E-state index in [1.807, 2.05) is 23.8 Å². The van der Waals surface area contributed by atoms with Crippen LogP contribution in [0.3, 0.4) is 0 Å². The molecule has 1 aromatic rings. The molecule has 2 amide bonds. The van der Waals surface area contributed by atoms with Crippen LogP contribution in [0.1, 0.15) is 32.8 Å². The van der Waals surface area contributed by atoms with Crippen molar-refractivity contribution < 1.29 is 14.7 Å². The largest absolute Gasteiger partial charge is 0.481 e. The maximum Gasteiger partial charge on any atom is 0.315 e. The summed E-state index contributed by atoms with van der Waals surface area (Å²) in [5, 5.41) is 18.3. The van der Waals surface area contributed by atoms with Crippen molar-refractivity contribution in [2.45, 2.75) is 45.2 Å². The second-order valence-corrected chi connectivity index (χ2v) is 6.07. The Morgan fingerprint density at radius 1 is 1.47 bits per heavy atom. The van der Waals surface area contributed by atoms with Crippen LogP contribution in [0.4, 0.5) is 4.79 Å². The zero-order chi connectivity index (χ0) is 14.5. The number of carbonyl (C=O) groups excluding carboxylic acids is 1. The molecule has 6 heteroatoms. The minimum absolute atomic E-state index is 0.00442. The molecule has 0 aliphatic rings. The van der Waals surface area contributed by atoms with Gasteiger partial charge >= 0.3 is 12.0 Å². The van der Waals surface area contributed by atoms with Gasteiger partial charge in [0.05, 0.1) is 6.42 Å². The molecule has 1 atom stereocenters. The normalized spacial score (nSPS) is 12.8. The number of thiophene rings is 1. The first kappa shape index (κ1) is 15.5. The molecule has 0 radical (unpaired) electrons. The van der Waals surface area contributed by atoms with Gasteiger partial charge in [-0.3, -0.25) is 4.79 Å². The summed E-state index contributed by atoms with van der Waals surface area (Å²) >= 11 is 1.62. The highest BCUT2D eigenvalue weighted by molar-refractivity contribution is 7.07. The standard InChI is InChI=1S/C13H20N2O3S/c1-9(6-10-4-5-19-8-10)14-12(18)15-13(2,3)7-11(16)17/h4-5,8-9H,6-7H2,1-3H3,(H,16,17)(H2,14,15,18). The van der Waals surface area contributed by atoms with Gasteiger partial charge in [-0.25, -0.2) is 4.79 Å². The van der Waals surface area contributed by atoms with Crippen molar-refractivity contribution in [1.29, 1.82) is 0 Å². The van der Waals surface area contributed by atoms with Gasteiger partial charge in [-0.1, -0.05) is 0 Å². The molecule has 5 nitrogen and oxygen atoms in total. The lowest BCUT2D eigenvalue weighted by Crippen LogP contribution is -2.51. The van der Waals surface area contributed by atoms with Crippen LogP contribution in [0.5, 0.6) is 0 Å². The van der Waals surface area contributed by atoms with E-state index in [1.54, 1.807) is 25.2 Å². The molecule has 1 heterocycles. The first-order valence-corrected chi connectivity index (χ1v) is 7.04. The lowest BCUT2D eigenvalue weighted by atomic mass is 10.0. The summed E-state index contributed by atoms with van der Waals surface area (Å²) in [6, 6.07) is 1.68. The number of carboxylic acid groups (broad SMARTS) is 1. The molecule has 19 heavy (non-hydrogen) atoms. The van der Waals surface area contributed by atoms with Gasteiger partial charge in [0.1, 0.15) is 0 Å². The summed E-state index contributed by atoms with van der Waals surface area (Å²) in [5.74, 6) is -0.934. The molecule has 0 saturated heterocycles. The Morgan fingerprint density at radius 2 is 2.16 bits per heavy atom. The van der Waals surface area contributed by atoms with E-state index in [2.05, 4.69) is 10.6 Å². The van der Waals surface area contributed by atoms with E-state index in [4.69, 9.17) is 5.11 Å². The van der Waals surface area contributed by atoms with Crippen molar-refractivity contribution in [2.24, 2.45) is 0 Å². The Balaban J connectivity index is 2.40. The van der Waals surface area contributed by atoms with Crippen molar-refractivity contribution in [3.8, 4) is 0 Å². The number of amides is 2. The third-order valence-electron chi connectivity index (χ3n) is 2.54.